The van der Waals surface area contributed by atoms with Gasteiger partial charge in [0.25, 0.3) is 0 Å². The van der Waals surface area contributed by atoms with E-state index < -0.39 is 0 Å². The van der Waals surface area contributed by atoms with Crippen LogP contribution in [0.2, 0.25) is 0 Å². The number of fused-ring (bicyclic) bond motifs is 1. The van der Waals surface area contributed by atoms with Gasteiger partial charge < -0.3 is 0 Å². The minimum atomic E-state index is 0.997. The third-order valence-electron chi connectivity index (χ3n) is 2.14. The Balaban J connectivity index is 2.09. The van der Waals surface area contributed by atoms with Crippen LogP contribution in [0, 0.1) is 0 Å². The first-order chi connectivity index (χ1) is 5.90. The molecule has 1 aliphatic heterocycles. The number of aromatic nitrogens is 1. The maximum absolute atomic E-state index is 4.32. The quantitative estimate of drug-likeness (QED) is 0.644. The highest BCUT2D eigenvalue weighted by atomic mass is 32.1. The lowest BCUT2D eigenvalue weighted by Crippen LogP contribution is -2.29. The van der Waals surface area contributed by atoms with Gasteiger partial charge in [0.2, 0.25) is 0 Å². The Morgan fingerprint density at radius 3 is 3.50 bits per heavy atom. The molecule has 0 unspecified atom stereocenters. The smallest absolute Gasteiger partial charge is 0.0798 e. The maximum Gasteiger partial charge on any atom is 0.0798 e. The van der Waals surface area contributed by atoms with Crippen molar-refractivity contribution < 1.29 is 0 Å². The molecule has 0 saturated heterocycles. The topological polar surface area (TPSA) is 16.1 Å². The fourth-order valence-corrected chi connectivity index (χ4v) is 2.37. The molecule has 2 rings (SSSR count). The SMILES string of the molecule is C=CCN1CCc2ncsc2C1. The number of thiazole rings is 1. The lowest BCUT2D eigenvalue weighted by atomic mass is 10.2. The fourth-order valence-electron chi connectivity index (χ4n) is 1.51. The molecule has 12 heavy (non-hydrogen) atoms. The van der Waals surface area contributed by atoms with Crippen molar-refractivity contribution in [3.8, 4) is 0 Å². The standard InChI is InChI=1S/C9H12N2S/c1-2-4-11-5-3-8-9(6-11)12-7-10-8/h2,7H,1,3-6H2. The van der Waals surface area contributed by atoms with Gasteiger partial charge in [0.05, 0.1) is 11.2 Å². The summed E-state index contributed by atoms with van der Waals surface area (Å²) in [5, 5.41) is 0. The van der Waals surface area contributed by atoms with Gasteiger partial charge in [-0.25, -0.2) is 4.98 Å². The Labute approximate surface area is 76.5 Å². The summed E-state index contributed by atoms with van der Waals surface area (Å²) >= 11 is 1.77. The highest BCUT2D eigenvalue weighted by molar-refractivity contribution is 7.09. The molecule has 0 N–H and O–H groups in total. The third-order valence-corrected chi connectivity index (χ3v) is 3.00. The van der Waals surface area contributed by atoms with Crippen LogP contribution in [0.1, 0.15) is 10.6 Å². The van der Waals surface area contributed by atoms with Crippen molar-refractivity contribution in [1.82, 2.24) is 9.88 Å². The van der Waals surface area contributed by atoms with E-state index in [2.05, 4.69) is 16.5 Å². The summed E-state index contributed by atoms with van der Waals surface area (Å²) in [5.41, 5.74) is 3.25. The lowest BCUT2D eigenvalue weighted by Gasteiger charge is -2.24. The molecule has 1 aromatic rings. The second-order valence-electron chi connectivity index (χ2n) is 3.00. The van der Waals surface area contributed by atoms with E-state index in [-0.39, 0.29) is 0 Å². The van der Waals surface area contributed by atoms with Crippen LogP contribution >= 0.6 is 11.3 Å². The van der Waals surface area contributed by atoms with Gasteiger partial charge >= 0.3 is 0 Å². The molecule has 0 saturated carbocycles. The predicted molar refractivity (Wildman–Crippen MR) is 51.3 cm³/mol. The minimum absolute atomic E-state index is 0.997. The zero-order valence-corrected chi connectivity index (χ0v) is 7.81. The Kier molecular flexibility index (Phi) is 2.23. The molecule has 2 nitrogen and oxygen atoms in total. The van der Waals surface area contributed by atoms with E-state index in [1.165, 1.54) is 10.6 Å². The fraction of sp³-hybridized carbons (Fsp3) is 0.444. The van der Waals surface area contributed by atoms with Crippen molar-refractivity contribution in [1.29, 1.82) is 0 Å². The third kappa shape index (κ3) is 1.42. The van der Waals surface area contributed by atoms with Crippen LogP contribution < -0.4 is 0 Å². The molecular formula is C9H12N2S. The van der Waals surface area contributed by atoms with Crippen LogP contribution in [-0.4, -0.2) is 23.0 Å². The molecular weight excluding hydrogens is 168 g/mol. The zero-order chi connectivity index (χ0) is 8.39. The van der Waals surface area contributed by atoms with E-state index in [0.717, 1.165) is 26.1 Å². The highest BCUT2D eigenvalue weighted by Crippen LogP contribution is 2.20. The van der Waals surface area contributed by atoms with E-state index in [1.807, 2.05) is 11.6 Å². The molecule has 0 amide bonds. The summed E-state index contributed by atoms with van der Waals surface area (Å²) in [7, 11) is 0. The van der Waals surface area contributed by atoms with Gasteiger partial charge in [-0.2, -0.15) is 0 Å². The molecule has 0 aromatic carbocycles. The molecule has 0 spiro atoms. The van der Waals surface area contributed by atoms with E-state index in [9.17, 15) is 0 Å². The Hall–Kier alpha value is -0.670. The lowest BCUT2D eigenvalue weighted by molar-refractivity contribution is 0.283. The van der Waals surface area contributed by atoms with Crippen molar-refractivity contribution in [2.24, 2.45) is 0 Å². The van der Waals surface area contributed by atoms with Crippen molar-refractivity contribution in [2.45, 2.75) is 13.0 Å². The van der Waals surface area contributed by atoms with Gasteiger partial charge in [-0.3, -0.25) is 4.90 Å². The second-order valence-corrected chi connectivity index (χ2v) is 3.94. The number of hydrogen-bond donors (Lipinski definition) is 0. The molecule has 64 valence electrons. The second kappa shape index (κ2) is 3.37. The van der Waals surface area contributed by atoms with Crippen molar-refractivity contribution >= 4 is 11.3 Å². The van der Waals surface area contributed by atoms with Crippen molar-refractivity contribution in [3.63, 3.8) is 0 Å². The van der Waals surface area contributed by atoms with Gasteiger partial charge in [-0.1, -0.05) is 6.08 Å². The highest BCUT2D eigenvalue weighted by Gasteiger charge is 2.16. The molecule has 0 atom stereocenters. The van der Waals surface area contributed by atoms with E-state index in [4.69, 9.17) is 0 Å². The maximum atomic E-state index is 4.32. The summed E-state index contributed by atoms with van der Waals surface area (Å²) in [4.78, 5) is 8.15. The monoisotopic (exact) mass is 180 g/mol. The largest absolute Gasteiger partial charge is 0.294 e. The molecule has 2 heterocycles. The normalized spacial score (nSPS) is 17.3. The summed E-state index contributed by atoms with van der Waals surface area (Å²) in [5.74, 6) is 0. The first-order valence-corrected chi connectivity index (χ1v) is 5.02. The molecule has 0 fully saturated rings. The zero-order valence-electron chi connectivity index (χ0n) is 6.99. The van der Waals surface area contributed by atoms with Crippen LogP contribution in [-0.2, 0) is 13.0 Å². The minimum Gasteiger partial charge on any atom is -0.294 e. The van der Waals surface area contributed by atoms with E-state index >= 15 is 0 Å². The average Bonchev–Trinajstić information content (AvgIpc) is 2.51. The van der Waals surface area contributed by atoms with Crippen LogP contribution in [0.25, 0.3) is 0 Å². The predicted octanol–water partition coefficient (Wildman–Crippen LogP) is 1.69. The first-order valence-electron chi connectivity index (χ1n) is 4.14. The summed E-state index contributed by atoms with van der Waals surface area (Å²) in [6.07, 6.45) is 3.07. The summed E-state index contributed by atoms with van der Waals surface area (Å²) < 4.78 is 0. The van der Waals surface area contributed by atoms with Crippen molar-refractivity contribution in [2.75, 3.05) is 13.1 Å². The van der Waals surface area contributed by atoms with E-state index in [1.54, 1.807) is 11.3 Å². The Bertz CT molecular complexity index is 280. The molecule has 1 aromatic heterocycles. The molecule has 1 aliphatic rings. The van der Waals surface area contributed by atoms with Crippen molar-refractivity contribution in [3.05, 3.63) is 28.7 Å². The van der Waals surface area contributed by atoms with Crippen LogP contribution in [0.15, 0.2) is 18.2 Å². The first kappa shape index (κ1) is 7.95. The van der Waals surface area contributed by atoms with E-state index in [0.29, 0.717) is 0 Å². The van der Waals surface area contributed by atoms with Gasteiger partial charge in [0, 0.05) is 30.9 Å². The van der Waals surface area contributed by atoms with Gasteiger partial charge in [0.15, 0.2) is 0 Å². The Morgan fingerprint density at radius 2 is 2.67 bits per heavy atom. The molecule has 0 radical (unpaired) electrons. The molecule has 3 heteroatoms. The van der Waals surface area contributed by atoms with Gasteiger partial charge in [0.1, 0.15) is 0 Å². The molecule has 0 aliphatic carbocycles. The summed E-state index contributed by atoms with van der Waals surface area (Å²) in [6, 6.07) is 0. The summed E-state index contributed by atoms with van der Waals surface area (Å²) in [6.45, 7) is 6.93. The number of nitrogens with zero attached hydrogens (tertiary/aromatic N) is 2. The number of rotatable bonds is 2. The van der Waals surface area contributed by atoms with Gasteiger partial charge in [-0.05, 0) is 0 Å². The Morgan fingerprint density at radius 1 is 1.75 bits per heavy atom. The number of hydrogen-bond acceptors (Lipinski definition) is 3. The molecule has 0 bridgehead atoms. The average molecular weight is 180 g/mol. The van der Waals surface area contributed by atoms with Gasteiger partial charge in [-0.15, -0.1) is 17.9 Å². The van der Waals surface area contributed by atoms with Crippen LogP contribution in [0.3, 0.4) is 0 Å². The van der Waals surface area contributed by atoms with Crippen LogP contribution in [0.4, 0.5) is 0 Å². The van der Waals surface area contributed by atoms with Crippen LogP contribution in [0.5, 0.6) is 0 Å².